The molecule has 0 fully saturated rings. The first-order valence-electron chi connectivity index (χ1n) is 24.3. The number of rotatable bonds is 18. The SMILES string of the molecule is CCCCc1ccc2c(N(c3ccc(N(c4cccc5cc(CCCC)ccc45)c4cccc5cc(CCCC)ccc45)cc3)c3cccc4cc(CCCC)ccc34)cccc2c1. The Balaban J connectivity index is 1.21. The molecule has 2 nitrogen and oxygen atoms in total. The molecule has 0 aliphatic heterocycles. The van der Waals surface area contributed by atoms with Crippen molar-refractivity contribution in [2.24, 2.45) is 0 Å². The normalized spacial score (nSPS) is 11.6. The molecular weight excluding hydrogens is 773 g/mol. The summed E-state index contributed by atoms with van der Waals surface area (Å²) in [5, 5.41) is 10.2. The monoisotopic (exact) mass is 837 g/mol. The molecule has 0 bridgehead atoms. The van der Waals surface area contributed by atoms with Gasteiger partial charge in [0.25, 0.3) is 0 Å². The third-order valence-corrected chi connectivity index (χ3v) is 13.3. The van der Waals surface area contributed by atoms with Gasteiger partial charge in [0.05, 0.1) is 22.7 Å². The van der Waals surface area contributed by atoms with E-state index < -0.39 is 0 Å². The van der Waals surface area contributed by atoms with Gasteiger partial charge in [-0.1, -0.05) is 175 Å². The largest absolute Gasteiger partial charge is 0.309 e. The van der Waals surface area contributed by atoms with E-state index in [2.05, 4.69) is 207 Å². The highest BCUT2D eigenvalue weighted by molar-refractivity contribution is 6.07. The number of aryl methyl sites for hydroxylation is 4. The average Bonchev–Trinajstić information content (AvgIpc) is 3.34. The highest BCUT2D eigenvalue weighted by Crippen LogP contribution is 2.46. The van der Waals surface area contributed by atoms with E-state index in [9.17, 15) is 0 Å². The lowest BCUT2D eigenvalue weighted by Crippen LogP contribution is -2.13. The number of fused-ring (bicyclic) bond motifs is 4. The maximum Gasteiger partial charge on any atom is 0.0540 e. The molecule has 0 heterocycles. The Labute approximate surface area is 382 Å². The van der Waals surface area contributed by atoms with Crippen LogP contribution in [-0.2, 0) is 25.7 Å². The van der Waals surface area contributed by atoms with E-state index >= 15 is 0 Å². The zero-order valence-electron chi connectivity index (χ0n) is 38.5. The molecule has 9 rings (SSSR count). The van der Waals surface area contributed by atoms with Crippen LogP contribution in [0.3, 0.4) is 0 Å². The van der Waals surface area contributed by atoms with Gasteiger partial charge in [-0.15, -0.1) is 0 Å². The molecule has 0 saturated carbocycles. The van der Waals surface area contributed by atoms with Crippen molar-refractivity contribution in [2.45, 2.75) is 105 Å². The molecule has 0 aliphatic rings. The fraction of sp³-hybridized carbons (Fsp3) is 0.258. The zero-order valence-corrected chi connectivity index (χ0v) is 38.5. The van der Waals surface area contributed by atoms with Crippen LogP contribution in [-0.4, -0.2) is 0 Å². The molecule has 0 saturated heterocycles. The molecule has 0 N–H and O–H groups in total. The number of unbranched alkanes of at least 4 members (excludes halogenated alkanes) is 4. The van der Waals surface area contributed by atoms with E-state index in [0.29, 0.717) is 0 Å². The van der Waals surface area contributed by atoms with Gasteiger partial charge in [0.1, 0.15) is 0 Å². The first-order chi connectivity index (χ1) is 31.6. The highest BCUT2D eigenvalue weighted by atomic mass is 15.2. The van der Waals surface area contributed by atoms with Crippen LogP contribution in [0.5, 0.6) is 0 Å². The summed E-state index contributed by atoms with van der Waals surface area (Å²) in [4.78, 5) is 5.00. The third-order valence-electron chi connectivity index (χ3n) is 13.3. The van der Waals surface area contributed by atoms with Crippen molar-refractivity contribution >= 4 is 77.2 Å². The predicted octanol–water partition coefficient (Wildman–Crippen LogP) is 18.6. The second-order valence-electron chi connectivity index (χ2n) is 17.9. The van der Waals surface area contributed by atoms with Crippen LogP contribution in [0.2, 0.25) is 0 Å². The second-order valence-corrected chi connectivity index (χ2v) is 17.9. The van der Waals surface area contributed by atoms with E-state index in [0.717, 1.165) is 37.1 Å². The molecule has 9 aromatic carbocycles. The minimum absolute atomic E-state index is 1.11. The summed E-state index contributed by atoms with van der Waals surface area (Å²) in [5.41, 5.74) is 12.6. The first kappa shape index (κ1) is 42.9. The summed E-state index contributed by atoms with van der Waals surface area (Å²) < 4.78 is 0. The van der Waals surface area contributed by atoms with Crippen molar-refractivity contribution in [2.75, 3.05) is 9.80 Å². The van der Waals surface area contributed by atoms with Gasteiger partial charge in [-0.2, -0.15) is 0 Å². The topological polar surface area (TPSA) is 6.48 Å². The smallest absolute Gasteiger partial charge is 0.0540 e. The van der Waals surface area contributed by atoms with Gasteiger partial charge >= 0.3 is 0 Å². The Morgan fingerprint density at radius 1 is 0.281 bits per heavy atom. The van der Waals surface area contributed by atoms with Crippen LogP contribution in [0, 0.1) is 0 Å². The van der Waals surface area contributed by atoms with E-state index in [1.54, 1.807) is 0 Å². The van der Waals surface area contributed by atoms with E-state index in [-0.39, 0.29) is 0 Å². The molecule has 2 heteroatoms. The highest BCUT2D eigenvalue weighted by Gasteiger charge is 2.22. The predicted molar refractivity (Wildman–Crippen MR) is 280 cm³/mol. The summed E-state index contributed by atoms with van der Waals surface area (Å²) in [7, 11) is 0. The number of nitrogens with zero attached hydrogens (tertiary/aromatic N) is 2. The zero-order chi connectivity index (χ0) is 43.8. The van der Waals surface area contributed by atoms with E-state index in [1.807, 2.05) is 0 Å². The van der Waals surface area contributed by atoms with Crippen molar-refractivity contribution in [3.63, 3.8) is 0 Å². The van der Waals surface area contributed by atoms with Crippen LogP contribution in [0.15, 0.2) is 170 Å². The molecule has 0 atom stereocenters. The lowest BCUT2D eigenvalue weighted by Gasteiger charge is -2.31. The molecule has 0 radical (unpaired) electrons. The summed E-state index contributed by atoms with van der Waals surface area (Å²) in [5.74, 6) is 0. The van der Waals surface area contributed by atoms with Crippen molar-refractivity contribution in [3.05, 3.63) is 192 Å². The number of hydrogen-bond donors (Lipinski definition) is 0. The summed E-state index contributed by atoms with van der Waals surface area (Å²) in [6.45, 7) is 9.10. The standard InChI is InChI=1S/C62H64N2/c1-5-9-17-45-29-37-55-49(41-45)21-13-25-59(55)63(60-26-14-22-50-42-46(18-10-6-2)30-38-56(50)60)53-33-35-54(36-34-53)64(61-27-15-23-51-43-47(19-11-7-3)31-39-57(51)61)62-28-16-24-52-44-48(20-12-8-4)32-40-58(52)62/h13-16,21-44H,5-12,17-20H2,1-4H3. The van der Waals surface area contributed by atoms with Crippen LogP contribution >= 0.6 is 0 Å². The molecule has 9 aromatic rings. The first-order valence-corrected chi connectivity index (χ1v) is 24.3. The Morgan fingerprint density at radius 3 is 0.766 bits per heavy atom. The molecule has 0 amide bonds. The van der Waals surface area contributed by atoms with E-state index in [1.165, 1.54) is 139 Å². The van der Waals surface area contributed by atoms with Crippen LogP contribution in [0.1, 0.15) is 101 Å². The fourth-order valence-electron chi connectivity index (χ4n) is 9.76. The van der Waals surface area contributed by atoms with E-state index in [4.69, 9.17) is 0 Å². The van der Waals surface area contributed by atoms with Crippen molar-refractivity contribution in [1.29, 1.82) is 0 Å². The number of benzene rings is 9. The molecule has 0 spiro atoms. The maximum atomic E-state index is 2.50. The van der Waals surface area contributed by atoms with Gasteiger partial charge in [-0.25, -0.2) is 0 Å². The lowest BCUT2D eigenvalue weighted by atomic mass is 9.98. The van der Waals surface area contributed by atoms with Gasteiger partial charge < -0.3 is 9.80 Å². The maximum absolute atomic E-state index is 2.50. The Kier molecular flexibility index (Phi) is 13.4. The van der Waals surface area contributed by atoms with Gasteiger partial charge in [0, 0.05) is 32.9 Å². The molecule has 64 heavy (non-hydrogen) atoms. The second kappa shape index (κ2) is 20.0. The molecule has 0 unspecified atom stereocenters. The van der Waals surface area contributed by atoms with Crippen LogP contribution in [0.25, 0.3) is 43.1 Å². The van der Waals surface area contributed by atoms with Crippen LogP contribution in [0.4, 0.5) is 34.1 Å². The fourth-order valence-corrected chi connectivity index (χ4v) is 9.76. The molecular formula is C62H64N2. The van der Waals surface area contributed by atoms with Gasteiger partial charge in [-0.05, 0) is 144 Å². The quantitative estimate of drug-likeness (QED) is 0.0849. The lowest BCUT2D eigenvalue weighted by molar-refractivity contribution is 0.796. The number of anilines is 6. The Morgan fingerprint density at radius 2 is 0.531 bits per heavy atom. The summed E-state index contributed by atoms with van der Waals surface area (Å²) in [6, 6.07) is 65.1. The molecule has 0 aliphatic carbocycles. The van der Waals surface area contributed by atoms with Gasteiger partial charge in [-0.3, -0.25) is 0 Å². The van der Waals surface area contributed by atoms with Crippen molar-refractivity contribution in [1.82, 2.24) is 0 Å². The Bertz CT molecular complexity index is 2620. The minimum atomic E-state index is 1.11. The molecule has 0 aromatic heterocycles. The van der Waals surface area contributed by atoms with Crippen molar-refractivity contribution < 1.29 is 0 Å². The summed E-state index contributed by atoms with van der Waals surface area (Å²) >= 11 is 0. The van der Waals surface area contributed by atoms with Gasteiger partial charge in [0.2, 0.25) is 0 Å². The van der Waals surface area contributed by atoms with Crippen LogP contribution < -0.4 is 9.80 Å². The average molecular weight is 837 g/mol. The van der Waals surface area contributed by atoms with Crippen molar-refractivity contribution in [3.8, 4) is 0 Å². The third kappa shape index (κ3) is 9.02. The van der Waals surface area contributed by atoms with Gasteiger partial charge in [0.15, 0.2) is 0 Å². The summed E-state index contributed by atoms with van der Waals surface area (Å²) in [6.07, 6.45) is 14.0. The minimum Gasteiger partial charge on any atom is -0.309 e. The Hall–Kier alpha value is -6.38. The molecule has 322 valence electrons. The number of hydrogen-bond acceptors (Lipinski definition) is 2.